The molecule has 0 bridgehead atoms. The van der Waals surface area contributed by atoms with Crippen LogP contribution in [-0.4, -0.2) is 4.92 Å². The molecule has 0 aromatic heterocycles. The minimum Gasteiger partial charge on any atom is -0.258 e. The largest absolute Gasteiger partial charge is 0.270 e. The Morgan fingerprint density at radius 2 is 2.21 bits per heavy atom. The van der Waals surface area contributed by atoms with Gasteiger partial charge in [-0.3, -0.25) is 10.1 Å². The van der Waals surface area contributed by atoms with Crippen molar-refractivity contribution in [1.29, 1.82) is 0 Å². The molecule has 0 aliphatic carbocycles. The second-order valence-electron chi connectivity index (χ2n) is 2.84. The zero-order valence-electron chi connectivity index (χ0n) is 7.66. The number of hydrogen-bond donors (Lipinski definition) is 0. The van der Waals surface area contributed by atoms with E-state index in [2.05, 4.69) is 29.2 Å². The van der Waals surface area contributed by atoms with Crippen molar-refractivity contribution in [2.75, 3.05) is 0 Å². The van der Waals surface area contributed by atoms with E-state index >= 15 is 0 Å². The van der Waals surface area contributed by atoms with Gasteiger partial charge in [0.1, 0.15) is 0 Å². The summed E-state index contributed by atoms with van der Waals surface area (Å²) in [5.41, 5.74) is 0.965. The molecule has 0 saturated carbocycles. The fourth-order valence-corrected chi connectivity index (χ4v) is 1.68. The molecule has 1 aromatic rings. The summed E-state index contributed by atoms with van der Waals surface area (Å²) in [6.07, 6.45) is 1.69. The van der Waals surface area contributed by atoms with Gasteiger partial charge >= 0.3 is 0 Å². The third-order valence-electron chi connectivity index (χ3n) is 1.85. The van der Waals surface area contributed by atoms with E-state index in [0.717, 1.165) is 15.1 Å². The number of allylic oxidation sites excluding steroid dienone is 1. The molecule has 0 saturated heterocycles. The molecule has 3 nitrogen and oxygen atoms in total. The Kier molecular flexibility index (Phi) is 3.62. The average Bonchev–Trinajstić information content (AvgIpc) is 2.15. The van der Waals surface area contributed by atoms with Gasteiger partial charge in [0.15, 0.2) is 0 Å². The van der Waals surface area contributed by atoms with Crippen LogP contribution in [0.25, 0.3) is 0 Å². The van der Waals surface area contributed by atoms with Crippen LogP contribution in [0.1, 0.15) is 12.5 Å². The number of nitro groups is 1. The Morgan fingerprint density at radius 3 is 2.71 bits per heavy atom. The Bertz CT molecular complexity index is 376. The van der Waals surface area contributed by atoms with Crippen molar-refractivity contribution in [1.82, 2.24) is 0 Å². The Balaban J connectivity index is 3.19. The van der Waals surface area contributed by atoms with E-state index in [4.69, 9.17) is 0 Å². The lowest BCUT2D eigenvalue weighted by Crippen LogP contribution is -1.95. The molecule has 4 heteroatoms. The molecule has 0 unspecified atom stereocenters. The summed E-state index contributed by atoms with van der Waals surface area (Å²) in [5.74, 6) is 0.937. The van der Waals surface area contributed by atoms with Crippen LogP contribution >= 0.6 is 22.6 Å². The van der Waals surface area contributed by atoms with Crippen LogP contribution in [0, 0.1) is 19.6 Å². The lowest BCUT2D eigenvalue weighted by molar-refractivity contribution is -0.385. The first-order chi connectivity index (χ1) is 6.54. The summed E-state index contributed by atoms with van der Waals surface area (Å²) < 4.78 is 0.855. The quantitative estimate of drug-likeness (QED) is 0.488. The van der Waals surface area contributed by atoms with Gasteiger partial charge in [0.25, 0.3) is 5.69 Å². The second-order valence-corrected chi connectivity index (χ2v) is 4.09. The normalized spacial score (nSPS) is 10.2. The number of non-ortho nitro benzene ring substituents is 1. The van der Waals surface area contributed by atoms with Crippen molar-refractivity contribution in [3.05, 3.63) is 56.0 Å². The predicted octanol–water partition coefficient (Wildman–Crippen LogP) is 3.33. The molecule has 73 valence electrons. The molecular formula is C10H9INO2. The van der Waals surface area contributed by atoms with E-state index in [1.165, 1.54) is 0 Å². The van der Waals surface area contributed by atoms with Crippen molar-refractivity contribution >= 4 is 28.3 Å². The van der Waals surface area contributed by atoms with Gasteiger partial charge in [-0.2, -0.15) is 0 Å². The lowest BCUT2D eigenvalue weighted by Gasteiger charge is -2.05. The highest BCUT2D eigenvalue weighted by Gasteiger charge is 2.11. The summed E-state index contributed by atoms with van der Waals surface area (Å²) in [7, 11) is 0. The smallest absolute Gasteiger partial charge is 0.258 e. The first-order valence-corrected chi connectivity index (χ1v) is 5.04. The van der Waals surface area contributed by atoms with Gasteiger partial charge < -0.3 is 0 Å². The molecule has 0 N–H and O–H groups in total. The van der Waals surface area contributed by atoms with Gasteiger partial charge in [-0.25, -0.2) is 0 Å². The van der Waals surface area contributed by atoms with Gasteiger partial charge in [-0.15, -0.1) is 6.58 Å². The van der Waals surface area contributed by atoms with Gasteiger partial charge in [0, 0.05) is 21.6 Å². The van der Waals surface area contributed by atoms with E-state index < -0.39 is 0 Å². The van der Waals surface area contributed by atoms with Crippen LogP contribution in [0.3, 0.4) is 0 Å². The average molecular weight is 302 g/mol. The maximum absolute atomic E-state index is 10.6. The minimum absolute atomic E-state index is 0.119. The molecule has 1 aromatic carbocycles. The van der Waals surface area contributed by atoms with Crippen LogP contribution in [0.5, 0.6) is 0 Å². The highest BCUT2D eigenvalue weighted by Crippen LogP contribution is 2.24. The molecule has 0 amide bonds. The van der Waals surface area contributed by atoms with Gasteiger partial charge in [-0.05, 0) is 34.2 Å². The van der Waals surface area contributed by atoms with E-state index in [9.17, 15) is 10.1 Å². The molecule has 0 spiro atoms. The zero-order chi connectivity index (χ0) is 10.7. The fourth-order valence-electron chi connectivity index (χ4n) is 1.03. The standard InChI is InChI=1S/C10H9INO2/c1-3-7(2)8-4-9(11)6-10(5-8)12(13)14/h3-6H,1H2,2H3. The van der Waals surface area contributed by atoms with Crippen molar-refractivity contribution in [2.24, 2.45) is 0 Å². The molecule has 0 aliphatic rings. The van der Waals surface area contributed by atoms with Crippen LogP contribution < -0.4 is 0 Å². The highest BCUT2D eigenvalue weighted by atomic mass is 127. The molecule has 14 heavy (non-hydrogen) atoms. The van der Waals surface area contributed by atoms with Crippen LogP contribution in [0.2, 0.25) is 0 Å². The topological polar surface area (TPSA) is 43.1 Å². The van der Waals surface area contributed by atoms with Crippen LogP contribution in [0.15, 0.2) is 30.9 Å². The Morgan fingerprint density at radius 1 is 1.57 bits per heavy atom. The molecule has 0 heterocycles. The van der Waals surface area contributed by atoms with E-state index in [-0.39, 0.29) is 10.6 Å². The van der Waals surface area contributed by atoms with Gasteiger partial charge in [0.05, 0.1) is 4.92 Å². The number of benzene rings is 1. The Hall–Kier alpha value is -0.910. The van der Waals surface area contributed by atoms with Crippen molar-refractivity contribution < 1.29 is 4.92 Å². The van der Waals surface area contributed by atoms with Crippen molar-refractivity contribution in [3.63, 3.8) is 0 Å². The minimum atomic E-state index is -0.387. The predicted molar refractivity (Wildman–Crippen MR) is 64.0 cm³/mol. The summed E-state index contributed by atoms with van der Waals surface area (Å²) in [6, 6.07) is 4.99. The summed E-state index contributed by atoms with van der Waals surface area (Å²) in [4.78, 5) is 10.2. The number of halogens is 1. The summed E-state index contributed by atoms with van der Waals surface area (Å²) in [5, 5.41) is 10.6. The molecular weight excluding hydrogens is 293 g/mol. The van der Waals surface area contributed by atoms with Crippen molar-refractivity contribution in [3.8, 4) is 0 Å². The van der Waals surface area contributed by atoms with Crippen molar-refractivity contribution in [2.45, 2.75) is 6.92 Å². The van der Waals surface area contributed by atoms with E-state index in [1.807, 2.05) is 13.0 Å². The SMILES string of the molecule is C=C[C](C)c1cc(I)cc([N+](=O)[O-])c1. The van der Waals surface area contributed by atoms with Gasteiger partial charge in [0.2, 0.25) is 0 Å². The number of rotatable bonds is 3. The lowest BCUT2D eigenvalue weighted by atomic mass is 10.0. The molecule has 1 rings (SSSR count). The molecule has 0 aliphatic heterocycles. The fraction of sp³-hybridized carbons (Fsp3) is 0.100. The maximum atomic E-state index is 10.6. The van der Waals surface area contributed by atoms with E-state index in [1.54, 1.807) is 18.2 Å². The summed E-state index contributed by atoms with van der Waals surface area (Å²) in [6.45, 7) is 5.51. The highest BCUT2D eigenvalue weighted by molar-refractivity contribution is 14.1. The Labute approximate surface area is 96.1 Å². The third kappa shape index (κ3) is 2.54. The third-order valence-corrected chi connectivity index (χ3v) is 2.48. The van der Waals surface area contributed by atoms with Crippen LogP contribution in [0.4, 0.5) is 5.69 Å². The molecule has 0 fully saturated rings. The first kappa shape index (κ1) is 11.2. The number of hydrogen-bond acceptors (Lipinski definition) is 2. The molecule has 0 atom stereocenters. The van der Waals surface area contributed by atoms with E-state index in [0.29, 0.717) is 0 Å². The second kappa shape index (κ2) is 4.54. The number of nitro benzene ring substituents is 1. The number of nitrogens with zero attached hydrogens (tertiary/aromatic N) is 1. The maximum Gasteiger partial charge on any atom is 0.270 e. The first-order valence-electron chi connectivity index (χ1n) is 3.96. The van der Waals surface area contributed by atoms with Gasteiger partial charge in [-0.1, -0.05) is 13.0 Å². The zero-order valence-corrected chi connectivity index (χ0v) is 9.82. The molecule has 1 radical (unpaired) electrons. The summed E-state index contributed by atoms with van der Waals surface area (Å²) >= 11 is 2.06. The van der Waals surface area contributed by atoms with Crippen LogP contribution in [-0.2, 0) is 0 Å². The monoisotopic (exact) mass is 302 g/mol.